The van der Waals surface area contributed by atoms with Gasteiger partial charge in [0.1, 0.15) is 12.0 Å². The number of hydrogen-bond donors (Lipinski definition) is 1. The van der Waals surface area contributed by atoms with Crippen molar-refractivity contribution in [2.45, 2.75) is 50.8 Å². The van der Waals surface area contributed by atoms with E-state index in [-0.39, 0.29) is 39.6 Å². The number of unbranched alkanes of at least 4 members (excludes halogenated alkanes) is 1. The highest BCUT2D eigenvalue weighted by Crippen LogP contribution is 2.38. The molecule has 10 heteroatoms. The molecule has 0 radical (unpaired) electrons. The number of aldehydes is 1. The van der Waals surface area contributed by atoms with Gasteiger partial charge in [-0.3, -0.25) is 4.72 Å². The molecule has 0 saturated carbocycles. The molecule has 0 bridgehead atoms. The second kappa shape index (κ2) is 11.0. The molecule has 0 atom stereocenters. The van der Waals surface area contributed by atoms with Crippen LogP contribution in [-0.2, 0) is 20.2 Å². The maximum absolute atomic E-state index is 13.2. The molecule has 0 aliphatic rings. The minimum atomic E-state index is -4.04. The first-order valence-corrected chi connectivity index (χ1v) is 12.9. The van der Waals surface area contributed by atoms with Crippen LogP contribution in [0.1, 0.15) is 44.7 Å². The zero-order valence-electron chi connectivity index (χ0n) is 20.0. The number of nitrogens with zero attached hydrogens (tertiary/aromatic N) is 2. The van der Waals surface area contributed by atoms with E-state index < -0.39 is 10.0 Å². The molecule has 1 aromatic heterocycles. The van der Waals surface area contributed by atoms with E-state index in [0.717, 1.165) is 17.4 Å². The average Bonchev–Trinajstić information content (AvgIpc) is 2.78. The van der Waals surface area contributed by atoms with Gasteiger partial charge < -0.3 is 14.3 Å². The lowest BCUT2D eigenvalue weighted by Crippen LogP contribution is -2.17. The van der Waals surface area contributed by atoms with Crippen LogP contribution >= 0.6 is 11.6 Å². The number of sulfonamides is 1. The lowest BCUT2D eigenvalue weighted by atomic mass is 9.87. The summed E-state index contributed by atoms with van der Waals surface area (Å²) in [7, 11) is -4.04. The zero-order chi connectivity index (χ0) is 25.6. The average molecular weight is 518 g/mol. The van der Waals surface area contributed by atoms with Crippen molar-refractivity contribution in [3.8, 4) is 17.4 Å². The molecule has 186 valence electrons. The van der Waals surface area contributed by atoms with Gasteiger partial charge in [0, 0.05) is 6.42 Å². The van der Waals surface area contributed by atoms with E-state index in [1.54, 1.807) is 30.3 Å². The van der Waals surface area contributed by atoms with Crippen molar-refractivity contribution in [1.29, 1.82) is 0 Å². The summed E-state index contributed by atoms with van der Waals surface area (Å²) in [4.78, 5) is 18.8. The van der Waals surface area contributed by atoms with E-state index in [0.29, 0.717) is 18.6 Å². The largest absolute Gasteiger partial charge is 0.475 e. The van der Waals surface area contributed by atoms with Crippen molar-refractivity contribution in [3.05, 3.63) is 64.9 Å². The number of aryl methyl sites for hydroxylation is 1. The lowest BCUT2D eigenvalue weighted by molar-refractivity contribution is -0.108. The van der Waals surface area contributed by atoms with Crippen LogP contribution in [0.3, 0.4) is 0 Å². The summed E-state index contributed by atoms with van der Waals surface area (Å²) < 4.78 is 40.5. The summed E-state index contributed by atoms with van der Waals surface area (Å²) in [6.45, 7) is 8.18. The Kier molecular flexibility index (Phi) is 8.34. The quantitative estimate of drug-likeness (QED) is 0.209. The molecule has 3 rings (SSSR count). The van der Waals surface area contributed by atoms with Crippen molar-refractivity contribution in [1.82, 2.24) is 9.97 Å². The third kappa shape index (κ3) is 7.16. The molecule has 0 amide bonds. The van der Waals surface area contributed by atoms with E-state index in [1.807, 2.05) is 33.8 Å². The number of carbonyl (C=O) groups excluding carboxylic acids is 1. The Hall–Kier alpha value is -3.17. The molecule has 0 aliphatic heterocycles. The Bertz CT molecular complexity index is 1290. The third-order valence-corrected chi connectivity index (χ3v) is 6.51. The van der Waals surface area contributed by atoms with E-state index in [4.69, 9.17) is 21.1 Å². The molecule has 1 heterocycles. The minimum Gasteiger partial charge on any atom is -0.475 e. The standard InChI is InChI=1S/C25H28ClN3O5S/c1-17-8-7-9-19(16-17)34-21-22(27-24(26)28-23(21)33-15-6-5-14-30)29-35(31,32)20-12-10-18(11-13-20)25(2,3)4/h7-14,16H,5-6,15H2,1-4H3,(H,27,28,29). The van der Waals surface area contributed by atoms with Crippen LogP contribution in [0.25, 0.3) is 0 Å². The number of anilines is 1. The minimum absolute atomic E-state index is 0.0408. The molecule has 0 saturated heterocycles. The monoisotopic (exact) mass is 517 g/mol. The number of nitrogens with one attached hydrogen (secondary N) is 1. The molecule has 8 nitrogen and oxygen atoms in total. The Morgan fingerprint density at radius 2 is 1.80 bits per heavy atom. The molecule has 3 aromatic rings. The maximum Gasteiger partial charge on any atom is 0.264 e. The molecule has 0 spiro atoms. The molecule has 0 aliphatic carbocycles. The van der Waals surface area contributed by atoms with Gasteiger partial charge >= 0.3 is 0 Å². The van der Waals surface area contributed by atoms with Gasteiger partial charge in [0.05, 0.1) is 11.5 Å². The zero-order valence-corrected chi connectivity index (χ0v) is 21.6. The highest BCUT2D eigenvalue weighted by atomic mass is 35.5. The topological polar surface area (TPSA) is 107 Å². The van der Waals surface area contributed by atoms with Crippen molar-refractivity contribution >= 4 is 33.7 Å². The number of ether oxygens (including phenoxy) is 2. The first-order valence-electron chi connectivity index (χ1n) is 11.0. The second-order valence-corrected chi connectivity index (χ2v) is 11.0. The van der Waals surface area contributed by atoms with Gasteiger partial charge in [-0.1, -0.05) is 45.0 Å². The van der Waals surface area contributed by atoms with Crippen LogP contribution in [-0.4, -0.2) is 31.3 Å². The Morgan fingerprint density at radius 1 is 1.09 bits per heavy atom. The number of benzene rings is 2. The second-order valence-electron chi connectivity index (χ2n) is 8.93. The fourth-order valence-corrected chi connectivity index (χ4v) is 4.28. The molecule has 1 N–H and O–H groups in total. The van der Waals surface area contributed by atoms with Gasteiger partial charge in [0.25, 0.3) is 15.9 Å². The fourth-order valence-electron chi connectivity index (χ4n) is 3.12. The highest BCUT2D eigenvalue weighted by Gasteiger charge is 2.24. The van der Waals surface area contributed by atoms with Crippen LogP contribution in [0.15, 0.2) is 53.4 Å². The Morgan fingerprint density at radius 3 is 2.43 bits per heavy atom. The van der Waals surface area contributed by atoms with E-state index in [2.05, 4.69) is 14.7 Å². The number of halogens is 1. The normalized spacial score (nSPS) is 11.7. The summed E-state index contributed by atoms with van der Waals surface area (Å²) in [6, 6.07) is 13.8. The van der Waals surface area contributed by atoms with Crippen LogP contribution in [0, 0.1) is 6.92 Å². The predicted octanol–water partition coefficient (Wildman–Crippen LogP) is 5.69. The number of rotatable bonds is 10. The first kappa shape index (κ1) is 26.4. The van der Waals surface area contributed by atoms with Crippen molar-refractivity contribution in [2.75, 3.05) is 11.3 Å². The van der Waals surface area contributed by atoms with Crippen LogP contribution in [0.4, 0.5) is 5.82 Å². The fraction of sp³-hybridized carbons (Fsp3) is 0.320. The van der Waals surface area contributed by atoms with Crippen molar-refractivity contribution in [3.63, 3.8) is 0 Å². The Labute approximate surface area is 210 Å². The van der Waals surface area contributed by atoms with Crippen molar-refractivity contribution < 1.29 is 22.7 Å². The van der Waals surface area contributed by atoms with Crippen LogP contribution in [0.5, 0.6) is 17.4 Å². The summed E-state index contributed by atoms with van der Waals surface area (Å²) in [6.07, 6.45) is 1.53. The SMILES string of the molecule is Cc1cccc(Oc2c(NS(=O)(=O)c3ccc(C(C)(C)C)cc3)nc(Cl)nc2OCCCC=O)c1. The van der Waals surface area contributed by atoms with Crippen LogP contribution < -0.4 is 14.2 Å². The van der Waals surface area contributed by atoms with Gasteiger partial charge in [0.15, 0.2) is 5.82 Å². The van der Waals surface area contributed by atoms with E-state index in [1.165, 1.54) is 12.1 Å². The van der Waals surface area contributed by atoms with Gasteiger partial charge in [-0.05, 0) is 65.8 Å². The van der Waals surface area contributed by atoms with Gasteiger partial charge in [0.2, 0.25) is 11.0 Å². The smallest absolute Gasteiger partial charge is 0.264 e. The highest BCUT2D eigenvalue weighted by molar-refractivity contribution is 7.92. The molecular formula is C25H28ClN3O5S. The molecule has 2 aromatic carbocycles. The van der Waals surface area contributed by atoms with Gasteiger partial charge in [-0.25, -0.2) is 8.42 Å². The summed E-state index contributed by atoms with van der Waals surface area (Å²) >= 11 is 6.09. The van der Waals surface area contributed by atoms with E-state index in [9.17, 15) is 13.2 Å². The van der Waals surface area contributed by atoms with Gasteiger partial charge in [-0.15, -0.1) is 0 Å². The van der Waals surface area contributed by atoms with E-state index >= 15 is 0 Å². The lowest BCUT2D eigenvalue weighted by Gasteiger charge is -2.19. The molecule has 35 heavy (non-hydrogen) atoms. The first-order chi connectivity index (χ1) is 16.5. The maximum atomic E-state index is 13.2. The van der Waals surface area contributed by atoms with Crippen molar-refractivity contribution in [2.24, 2.45) is 0 Å². The summed E-state index contributed by atoms with van der Waals surface area (Å²) in [5, 5.41) is -0.229. The van der Waals surface area contributed by atoms with Crippen LogP contribution in [0.2, 0.25) is 5.28 Å². The number of carbonyl (C=O) groups is 1. The summed E-state index contributed by atoms with van der Waals surface area (Å²) in [5.41, 5.74) is 1.81. The predicted molar refractivity (Wildman–Crippen MR) is 135 cm³/mol. The summed E-state index contributed by atoms with van der Waals surface area (Å²) in [5.74, 6) is 0.180. The van der Waals surface area contributed by atoms with Gasteiger partial charge in [-0.2, -0.15) is 9.97 Å². The number of hydrogen-bond acceptors (Lipinski definition) is 7. The third-order valence-electron chi connectivity index (χ3n) is 4.98. The molecule has 0 unspecified atom stereocenters. The Balaban J connectivity index is 2.00. The number of aromatic nitrogens is 2. The molecule has 0 fully saturated rings. The molecular weight excluding hydrogens is 490 g/mol.